The number of aromatic nitrogens is 1. The molecule has 78 valence electrons. The van der Waals surface area contributed by atoms with E-state index in [4.69, 9.17) is 27.9 Å². The summed E-state index contributed by atoms with van der Waals surface area (Å²) in [5, 5.41) is 1.15. The van der Waals surface area contributed by atoms with Gasteiger partial charge >= 0.3 is 0 Å². The van der Waals surface area contributed by atoms with E-state index in [0.29, 0.717) is 16.7 Å². The number of methoxy groups -OCH3 is 1. The normalized spacial score (nSPS) is 12.9. The highest BCUT2D eigenvalue weighted by atomic mass is 79.9. The molecule has 1 aromatic rings. The van der Waals surface area contributed by atoms with Crippen LogP contribution in [-0.4, -0.2) is 23.5 Å². The number of halogens is 3. The van der Waals surface area contributed by atoms with E-state index in [2.05, 4.69) is 20.9 Å². The second-order valence-corrected chi connectivity index (χ2v) is 4.98. The minimum atomic E-state index is 0.221. The van der Waals surface area contributed by atoms with Gasteiger partial charge in [0.05, 0.1) is 22.3 Å². The van der Waals surface area contributed by atoms with Crippen molar-refractivity contribution in [1.82, 2.24) is 4.98 Å². The minimum absolute atomic E-state index is 0.221. The first-order chi connectivity index (χ1) is 6.63. The Balaban J connectivity index is 2.67. The molecule has 0 radical (unpaired) electrons. The fraction of sp³-hybridized carbons (Fsp3) is 0.444. The molecule has 0 aliphatic rings. The zero-order valence-electron chi connectivity index (χ0n) is 7.64. The van der Waals surface area contributed by atoms with Crippen LogP contribution >= 0.6 is 39.1 Å². The molecule has 0 fully saturated rings. The summed E-state index contributed by atoms with van der Waals surface area (Å²) in [7, 11) is 1.66. The van der Waals surface area contributed by atoms with E-state index in [1.54, 1.807) is 19.4 Å². The van der Waals surface area contributed by atoms with Crippen molar-refractivity contribution in [2.24, 2.45) is 0 Å². The molecule has 1 aromatic heterocycles. The lowest BCUT2D eigenvalue weighted by Crippen LogP contribution is -2.11. The van der Waals surface area contributed by atoms with Crippen molar-refractivity contribution < 1.29 is 4.74 Å². The second kappa shape index (κ2) is 5.91. The van der Waals surface area contributed by atoms with Gasteiger partial charge in [0.1, 0.15) is 0 Å². The van der Waals surface area contributed by atoms with Crippen LogP contribution in [0.15, 0.2) is 12.3 Å². The standard InChI is InChI=1S/C9H10BrCl2NO/c1-14-5-6(10)2-9-8(12)3-7(11)4-13-9/h3-4,6H,2,5H2,1H3. The topological polar surface area (TPSA) is 22.1 Å². The van der Waals surface area contributed by atoms with E-state index in [1.807, 2.05) is 0 Å². The summed E-state index contributed by atoms with van der Waals surface area (Å²) >= 11 is 15.2. The number of rotatable bonds is 4. The van der Waals surface area contributed by atoms with Gasteiger partial charge in [0.15, 0.2) is 0 Å². The van der Waals surface area contributed by atoms with Crippen molar-refractivity contribution in [2.45, 2.75) is 11.2 Å². The average molecular weight is 299 g/mol. The molecule has 5 heteroatoms. The number of ether oxygens (including phenoxy) is 1. The van der Waals surface area contributed by atoms with Crippen molar-refractivity contribution in [3.8, 4) is 0 Å². The Bertz CT molecular complexity index is 309. The maximum absolute atomic E-state index is 5.97. The summed E-state index contributed by atoms with van der Waals surface area (Å²) < 4.78 is 5.00. The molecule has 0 aliphatic heterocycles. The first-order valence-corrected chi connectivity index (χ1v) is 5.73. The Morgan fingerprint density at radius 2 is 2.29 bits per heavy atom. The van der Waals surface area contributed by atoms with E-state index in [1.165, 1.54) is 0 Å². The van der Waals surface area contributed by atoms with Crippen LogP contribution in [0.2, 0.25) is 10.0 Å². The smallest absolute Gasteiger partial charge is 0.0636 e. The second-order valence-electron chi connectivity index (χ2n) is 2.84. The van der Waals surface area contributed by atoms with Crippen LogP contribution in [0.3, 0.4) is 0 Å². The molecule has 0 N–H and O–H groups in total. The number of nitrogens with zero attached hydrogens (tertiary/aromatic N) is 1. The molecule has 0 saturated heterocycles. The lowest BCUT2D eigenvalue weighted by Gasteiger charge is -2.08. The van der Waals surface area contributed by atoms with Gasteiger partial charge in [0.2, 0.25) is 0 Å². The molecule has 14 heavy (non-hydrogen) atoms. The highest BCUT2D eigenvalue weighted by Crippen LogP contribution is 2.21. The SMILES string of the molecule is COCC(Br)Cc1ncc(Cl)cc1Cl. The molecule has 0 aromatic carbocycles. The van der Waals surface area contributed by atoms with Crippen molar-refractivity contribution in [3.63, 3.8) is 0 Å². The molecule has 0 spiro atoms. The van der Waals surface area contributed by atoms with Crippen molar-refractivity contribution in [2.75, 3.05) is 13.7 Å². The van der Waals surface area contributed by atoms with Crippen LogP contribution in [0.4, 0.5) is 0 Å². The van der Waals surface area contributed by atoms with E-state index >= 15 is 0 Å². The van der Waals surface area contributed by atoms with Gasteiger partial charge in [0, 0.05) is 24.6 Å². The number of alkyl halides is 1. The average Bonchev–Trinajstić information content (AvgIpc) is 2.10. The molecule has 0 amide bonds. The monoisotopic (exact) mass is 297 g/mol. The Hall–Kier alpha value is 0.170. The third kappa shape index (κ3) is 3.73. The number of pyridine rings is 1. The third-order valence-corrected chi connectivity index (χ3v) is 2.77. The molecule has 0 bridgehead atoms. The predicted molar refractivity (Wildman–Crippen MR) is 62.6 cm³/mol. The molecular formula is C9H10BrCl2NO. The molecule has 2 nitrogen and oxygen atoms in total. The summed E-state index contributed by atoms with van der Waals surface area (Å²) in [6.45, 7) is 0.626. The maximum atomic E-state index is 5.97. The van der Waals surface area contributed by atoms with Crippen LogP contribution in [0.5, 0.6) is 0 Å². The maximum Gasteiger partial charge on any atom is 0.0636 e. The van der Waals surface area contributed by atoms with E-state index in [0.717, 1.165) is 12.1 Å². The third-order valence-electron chi connectivity index (χ3n) is 1.65. The Morgan fingerprint density at radius 1 is 1.57 bits per heavy atom. The molecule has 1 atom stereocenters. The minimum Gasteiger partial charge on any atom is -0.384 e. The summed E-state index contributed by atoms with van der Waals surface area (Å²) in [6.07, 6.45) is 2.32. The Labute approximate surface area is 102 Å². The van der Waals surface area contributed by atoms with E-state index in [9.17, 15) is 0 Å². The first kappa shape index (κ1) is 12.2. The predicted octanol–water partition coefficient (Wildman–Crippen LogP) is 3.34. The molecule has 1 heterocycles. The Morgan fingerprint density at radius 3 is 2.86 bits per heavy atom. The lowest BCUT2D eigenvalue weighted by atomic mass is 10.2. The van der Waals surface area contributed by atoms with E-state index in [-0.39, 0.29) is 4.83 Å². The van der Waals surface area contributed by atoms with Crippen LogP contribution in [0, 0.1) is 0 Å². The molecule has 0 saturated carbocycles. The van der Waals surface area contributed by atoms with Gasteiger partial charge in [-0.2, -0.15) is 0 Å². The summed E-state index contributed by atoms with van der Waals surface area (Å²) in [6, 6.07) is 1.69. The number of hydrogen-bond donors (Lipinski definition) is 0. The highest BCUT2D eigenvalue weighted by Gasteiger charge is 2.09. The van der Waals surface area contributed by atoms with Gasteiger partial charge in [0.25, 0.3) is 0 Å². The largest absolute Gasteiger partial charge is 0.384 e. The van der Waals surface area contributed by atoms with Gasteiger partial charge in [-0.05, 0) is 6.07 Å². The van der Waals surface area contributed by atoms with E-state index < -0.39 is 0 Å². The lowest BCUT2D eigenvalue weighted by molar-refractivity contribution is 0.200. The molecule has 1 unspecified atom stereocenters. The summed E-state index contributed by atoms with van der Waals surface area (Å²) in [5.74, 6) is 0. The van der Waals surface area contributed by atoms with Gasteiger partial charge in [-0.1, -0.05) is 39.1 Å². The fourth-order valence-corrected chi connectivity index (χ4v) is 2.07. The van der Waals surface area contributed by atoms with Crippen molar-refractivity contribution in [3.05, 3.63) is 28.0 Å². The zero-order valence-corrected chi connectivity index (χ0v) is 10.7. The Kier molecular flexibility index (Phi) is 5.17. The van der Waals surface area contributed by atoms with Crippen molar-refractivity contribution in [1.29, 1.82) is 0 Å². The van der Waals surface area contributed by atoms with Gasteiger partial charge in [-0.3, -0.25) is 4.98 Å². The molecule has 1 rings (SSSR count). The van der Waals surface area contributed by atoms with Gasteiger partial charge < -0.3 is 4.74 Å². The molecular weight excluding hydrogens is 289 g/mol. The van der Waals surface area contributed by atoms with Gasteiger partial charge in [-0.25, -0.2) is 0 Å². The first-order valence-electron chi connectivity index (χ1n) is 4.06. The van der Waals surface area contributed by atoms with Gasteiger partial charge in [-0.15, -0.1) is 0 Å². The van der Waals surface area contributed by atoms with Crippen molar-refractivity contribution >= 4 is 39.1 Å². The fourth-order valence-electron chi connectivity index (χ4n) is 1.04. The zero-order chi connectivity index (χ0) is 10.6. The number of hydrogen-bond acceptors (Lipinski definition) is 2. The van der Waals surface area contributed by atoms with Crippen LogP contribution < -0.4 is 0 Å². The highest BCUT2D eigenvalue weighted by molar-refractivity contribution is 9.09. The summed E-state index contributed by atoms with van der Waals surface area (Å²) in [4.78, 5) is 4.37. The molecule has 0 aliphatic carbocycles. The quantitative estimate of drug-likeness (QED) is 0.796. The van der Waals surface area contributed by atoms with Crippen LogP contribution in [-0.2, 0) is 11.2 Å². The summed E-state index contributed by atoms with van der Waals surface area (Å²) in [5.41, 5.74) is 0.829. The van der Waals surface area contributed by atoms with Crippen LogP contribution in [0.25, 0.3) is 0 Å². The van der Waals surface area contributed by atoms with Crippen LogP contribution in [0.1, 0.15) is 5.69 Å².